The maximum atomic E-state index is 6.16. The predicted molar refractivity (Wildman–Crippen MR) is 103 cm³/mol. The van der Waals surface area contributed by atoms with Crippen molar-refractivity contribution < 1.29 is 9.47 Å². The number of nitrogens with one attached hydrogen (secondary N) is 1. The molecule has 0 saturated heterocycles. The average molecular weight is 442 g/mol. The van der Waals surface area contributed by atoms with Crippen LogP contribution >= 0.6 is 34.2 Å². The first kappa shape index (κ1) is 17.8. The minimum absolute atomic E-state index is 0.216. The van der Waals surface area contributed by atoms with Gasteiger partial charge in [-0.2, -0.15) is 0 Å². The Balaban J connectivity index is 2.19. The zero-order valence-electron chi connectivity index (χ0n) is 12.7. The van der Waals surface area contributed by atoms with E-state index in [0.717, 1.165) is 14.8 Å². The fourth-order valence-electron chi connectivity index (χ4n) is 2.04. The molecule has 0 fully saturated rings. The molecule has 0 aliphatic heterocycles. The highest BCUT2D eigenvalue weighted by Gasteiger charge is 2.12. The molecule has 23 heavy (non-hydrogen) atoms. The van der Waals surface area contributed by atoms with Crippen molar-refractivity contribution in [2.45, 2.75) is 13.5 Å². The van der Waals surface area contributed by atoms with E-state index in [1.54, 1.807) is 0 Å². The quantitative estimate of drug-likeness (QED) is 0.486. The van der Waals surface area contributed by atoms with Gasteiger partial charge in [-0.3, -0.25) is 0 Å². The fraction of sp³-hybridized carbons (Fsp3) is 0.222. The Kier molecular flexibility index (Phi) is 6.87. The predicted octanol–water partition coefficient (Wildman–Crippen LogP) is 4.97. The van der Waals surface area contributed by atoms with Gasteiger partial charge in [0.1, 0.15) is 6.61 Å². The van der Waals surface area contributed by atoms with E-state index in [9.17, 15) is 0 Å². The summed E-state index contributed by atoms with van der Waals surface area (Å²) >= 11 is 8.38. The summed E-state index contributed by atoms with van der Waals surface area (Å²) in [5.41, 5.74) is 1.97. The van der Waals surface area contributed by atoms with Gasteiger partial charge < -0.3 is 14.8 Å². The lowest BCUT2D eigenvalue weighted by Crippen LogP contribution is -2.05. The molecule has 0 saturated carbocycles. The largest absolute Gasteiger partial charge is 0.490 e. The van der Waals surface area contributed by atoms with Crippen molar-refractivity contribution >= 4 is 39.9 Å². The Morgan fingerprint density at radius 1 is 1.26 bits per heavy atom. The standard InChI is InChI=1S/C18H17ClINO2/c1-3-9-23-18-15(20)10-13(11-17(18)22-4-2)12-21-16-8-6-5-7-14(16)19/h1,5-8,10-11,21H,4,9,12H2,2H3. The topological polar surface area (TPSA) is 30.5 Å². The van der Waals surface area contributed by atoms with Crippen molar-refractivity contribution in [1.29, 1.82) is 0 Å². The number of rotatable bonds is 7. The van der Waals surface area contributed by atoms with E-state index in [4.69, 9.17) is 27.5 Å². The third-order valence-electron chi connectivity index (χ3n) is 3.03. The van der Waals surface area contributed by atoms with Gasteiger partial charge in [-0.25, -0.2) is 0 Å². The summed E-state index contributed by atoms with van der Waals surface area (Å²) < 4.78 is 12.2. The van der Waals surface area contributed by atoms with Gasteiger partial charge in [-0.05, 0) is 59.3 Å². The van der Waals surface area contributed by atoms with Crippen molar-refractivity contribution in [1.82, 2.24) is 0 Å². The molecule has 0 unspecified atom stereocenters. The van der Waals surface area contributed by atoms with Crippen molar-refractivity contribution in [3.05, 3.63) is 50.6 Å². The van der Waals surface area contributed by atoms with Crippen LogP contribution in [0.1, 0.15) is 12.5 Å². The smallest absolute Gasteiger partial charge is 0.175 e. The van der Waals surface area contributed by atoms with Crippen LogP contribution in [0.3, 0.4) is 0 Å². The first-order valence-electron chi connectivity index (χ1n) is 7.15. The highest BCUT2D eigenvalue weighted by molar-refractivity contribution is 14.1. The molecule has 0 aliphatic rings. The highest BCUT2D eigenvalue weighted by atomic mass is 127. The summed E-state index contributed by atoms with van der Waals surface area (Å²) in [6.07, 6.45) is 5.27. The van der Waals surface area contributed by atoms with Crippen molar-refractivity contribution in [2.24, 2.45) is 0 Å². The molecule has 0 radical (unpaired) electrons. The minimum atomic E-state index is 0.216. The molecule has 0 aromatic heterocycles. The van der Waals surface area contributed by atoms with E-state index in [2.05, 4.69) is 33.8 Å². The first-order valence-corrected chi connectivity index (χ1v) is 8.61. The number of para-hydroxylation sites is 1. The molecule has 2 aromatic rings. The van der Waals surface area contributed by atoms with Crippen LogP contribution < -0.4 is 14.8 Å². The minimum Gasteiger partial charge on any atom is -0.490 e. The summed E-state index contributed by atoms with van der Waals surface area (Å²) in [5.74, 6) is 3.86. The number of terminal acetylenes is 1. The zero-order valence-corrected chi connectivity index (χ0v) is 15.6. The molecular weight excluding hydrogens is 425 g/mol. The highest BCUT2D eigenvalue weighted by Crippen LogP contribution is 2.34. The number of benzene rings is 2. The second-order valence-corrected chi connectivity index (χ2v) is 6.23. The van der Waals surface area contributed by atoms with Gasteiger partial charge >= 0.3 is 0 Å². The third-order valence-corrected chi connectivity index (χ3v) is 4.16. The molecule has 0 spiro atoms. The molecule has 0 atom stereocenters. The van der Waals surface area contributed by atoms with E-state index >= 15 is 0 Å². The molecule has 120 valence electrons. The lowest BCUT2D eigenvalue weighted by atomic mass is 10.2. The maximum absolute atomic E-state index is 6.16. The Morgan fingerprint density at radius 3 is 2.74 bits per heavy atom. The van der Waals surface area contributed by atoms with Crippen molar-refractivity contribution in [2.75, 3.05) is 18.5 Å². The number of anilines is 1. The first-order chi connectivity index (χ1) is 11.2. The maximum Gasteiger partial charge on any atom is 0.175 e. The second-order valence-electron chi connectivity index (χ2n) is 4.66. The average Bonchev–Trinajstić information content (AvgIpc) is 2.54. The lowest BCUT2D eigenvalue weighted by molar-refractivity contribution is 0.297. The SMILES string of the molecule is C#CCOc1c(I)cc(CNc2ccccc2Cl)cc1OCC. The molecule has 2 aromatic carbocycles. The van der Waals surface area contributed by atoms with Gasteiger partial charge in [-0.1, -0.05) is 29.7 Å². The van der Waals surface area contributed by atoms with Gasteiger partial charge in [0.05, 0.1) is 20.9 Å². The molecule has 0 amide bonds. The van der Waals surface area contributed by atoms with Gasteiger partial charge in [0.25, 0.3) is 0 Å². The number of halogens is 2. The van der Waals surface area contributed by atoms with E-state index < -0.39 is 0 Å². The van der Waals surface area contributed by atoms with Crippen LogP contribution in [-0.4, -0.2) is 13.2 Å². The monoisotopic (exact) mass is 441 g/mol. The summed E-state index contributed by atoms with van der Waals surface area (Å²) in [5, 5.41) is 4.02. The molecule has 5 heteroatoms. The number of hydrogen-bond acceptors (Lipinski definition) is 3. The summed E-state index contributed by atoms with van der Waals surface area (Å²) in [4.78, 5) is 0. The summed E-state index contributed by atoms with van der Waals surface area (Å²) in [7, 11) is 0. The third kappa shape index (κ3) is 4.95. The van der Waals surface area contributed by atoms with Crippen LogP contribution in [0.25, 0.3) is 0 Å². The van der Waals surface area contributed by atoms with Crippen molar-refractivity contribution in [3.63, 3.8) is 0 Å². The van der Waals surface area contributed by atoms with Crippen LogP contribution in [-0.2, 0) is 6.54 Å². The fourth-order valence-corrected chi connectivity index (χ4v) is 3.07. The van der Waals surface area contributed by atoms with E-state index in [1.165, 1.54) is 0 Å². The molecule has 1 N–H and O–H groups in total. The second kappa shape index (κ2) is 8.90. The Morgan fingerprint density at radius 2 is 2.04 bits per heavy atom. The normalized spacial score (nSPS) is 10.0. The molecule has 0 heterocycles. The molecule has 2 rings (SSSR count). The van der Waals surface area contributed by atoms with Gasteiger partial charge in [0.15, 0.2) is 11.5 Å². The van der Waals surface area contributed by atoms with Gasteiger partial charge in [0, 0.05) is 6.54 Å². The summed E-state index contributed by atoms with van der Waals surface area (Å²) in [6, 6.07) is 11.7. The van der Waals surface area contributed by atoms with Crippen LogP contribution in [0.5, 0.6) is 11.5 Å². The Labute approximate surface area is 155 Å². The summed E-state index contributed by atoms with van der Waals surface area (Å²) in [6.45, 7) is 3.35. The number of ether oxygens (including phenoxy) is 2. The van der Waals surface area contributed by atoms with E-state index in [1.807, 2.05) is 43.3 Å². The van der Waals surface area contributed by atoms with Gasteiger partial charge in [0.2, 0.25) is 0 Å². The van der Waals surface area contributed by atoms with Crippen LogP contribution in [0.15, 0.2) is 36.4 Å². The molecular formula is C18H17ClINO2. The molecule has 0 aliphatic carbocycles. The van der Waals surface area contributed by atoms with Crippen LogP contribution in [0, 0.1) is 15.9 Å². The van der Waals surface area contributed by atoms with E-state index in [0.29, 0.717) is 29.7 Å². The Bertz CT molecular complexity index is 713. The van der Waals surface area contributed by atoms with Crippen LogP contribution in [0.4, 0.5) is 5.69 Å². The molecule has 0 bridgehead atoms. The van der Waals surface area contributed by atoms with Crippen molar-refractivity contribution in [3.8, 4) is 23.8 Å². The van der Waals surface area contributed by atoms with Crippen LogP contribution in [0.2, 0.25) is 5.02 Å². The van der Waals surface area contributed by atoms with Gasteiger partial charge in [-0.15, -0.1) is 6.42 Å². The zero-order chi connectivity index (χ0) is 16.7. The lowest BCUT2D eigenvalue weighted by Gasteiger charge is -2.15. The molecule has 3 nitrogen and oxygen atoms in total. The number of hydrogen-bond donors (Lipinski definition) is 1. The Hall–Kier alpha value is -1.58. The van der Waals surface area contributed by atoms with E-state index in [-0.39, 0.29) is 6.61 Å².